The molecule has 0 bridgehead atoms. The number of likely N-dealkylation sites (tertiary alicyclic amines) is 1. The molecule has 2 aromatic carbocycles. The van der Waals surface area contributed by atoms with E-state index < -0.39 is 11.9 Å². The molecular weight excluding hydrogens is 386 g/mol. The predicted molar refractivity (Wildman–Crippen MR) is 113 cm³/mol. The minimum absolute atomic E-state index is 0.595. The van der Waals surface area contributed by atoms with Crippen molar-refractivity contribution >= 4 is 11.9 Å². The van der Waals surface area contributed by atoms with Crippen LogP contribution in [0.3, 0.4) is 0 Å². The summed E-state index contributed by atoms with van der Waals surface area (Å²) in [6.45, 7) is 5.17. The van der Waals surface area contributed by atoms with Crippen molar-refractivity contribution in [2.75, 3.05) is 26.2 Å². The van der Waals surface area contributed by atoms with Crippen LogP contribution in [0.2, 0.25) is 0 Å². The van der Waals surface area contributed by atoms with Crippen molar-refractivity contribution in [1.82, 2.24) is 4.90 Å². The van der Waals surface area contributed by atoms with Crippen LogP contribution in [0.4, 0.5) is 0 Å². The Morgan fingerprint density at radius 3 is 1.93 bits per heavy atom. The third-order valence-corrected chi connectivity index (χ3v) is 4.59. The molecule has 2 N–H and O–H groups in total. The maximum absolute atomic E-state index is 9.10. The van der Waals surface area contributed by atoms with Gasteiger partial charge in [-0.15, -0.1) is 0 Å². The first-order valence-electron chi connectivity index (χ1n) is 10.1. The monoisotopic (exact) mass is 415 g/mol. The van der Waals surface area contributed by atoms with Crippen molar-refractivity contribution < 1.29 is 29.3 Å². The Kier molecular flexibility index (Phi) is 10.2. The highest BCUT2D eigenvalue weighted by Gasteiger charge is 2.10. The topological polar surface area (TPSA) is 96.3 Å². The molecule has 162 valence electrons. The van der Waals surface area contributed by atoms with Crippen molar-refractivity contribution in [3.8, 4) is 11.5 Å². The van der Waals surface area contributed by atoms with Crippen molar-refractivity contribution in [3.63, 3.8) is 0 Å². The molecule has 3 rings (SSSR count). The number of rotatable bonds is 9. The van der Waals surface area contributed by atoms with Gasteiger partial charge in [-0.1, -0.05) is 30.3 Å². The highest BCUT2D eigenvalue weighted by atomic mass is 16.5. The molecule has 7 heteroatoms. The molecule has 0 atom stereocenters. The Hall–Kier alpha value is -3.06. The SMILES string of the molecule is O=C(O)C(=O)O.c1ccc(COc2ccc(OCCCCN3CCCC3)cc2)cc1. The van der Waals surface area contributed by atoms with Gasteiger partial charge in [0, 0.05) is 0 Å². The number of carboxylic acid groups (broad SMARTS) is 2. The molecule has 0 saturated carbocycles. The molecule has 0 radical (unpaired) electrons. The van der Waals surface area contributed by atoms with Gasteiger partial charge in [-0.25, -0.2) is 9.59 Å². The van der Waals surface area contributed by atoms with E-state index in [0.717, 1.165) is 24.5 Å². The zero-order valence-corrected chi connectivity index (χ0v) is 17.0. The quantitative estimate of drug-likeness (QED) is 0.476. The Morgan fingerprint density at radius 1 is 0.800 bits per heavy atom. The third kappa shape index (κ3) is 9.43. The first-order valence-corrected chi connectivity index (χ1v) is 10.1. The molecule has 0 amide bonds. The summed E-state index contributed by atoms with van der Waals surface area (Å²) in [5.74, 6) is -1.85. The average molecular weight is 415 g/mol. The maximum atomic E-state index is 9.10. The number of carboxylic acids is 2. The van der Waals surface area contributed by atoms with E-state index >= 15 is 0 Å². The lowest BCUT2D eigenvalue weighted by molar-refractivity contribution is -0.159. The molecule has 1 aliphatic rings. The van der Waals surface area contributed by atoms with Crippen LogP contribution in [-0.4, -0.2) is 53.3 Å². The van der Waals surface area contributed by atoms with Crippen LogP contribution in [0.5, 0.6) is 11.5 Å². The summed E-state index contributed by atoms with van der Waals surface area (Å²) in [5.41, 5.74) is 1.18. The molecule has 0 spiro atoms. The third-order valence-electron chi connectivity index (χ3n) is 4.59. The van der Waals surface area contributed by atoms with E-state index in [4.69, 9.17) is 29.3 Å². The number of nitrogens with zero attached hydrogens (tertiary/aromatic N) is 1. The van der Waals surface area contributed by atoms with Crippen LogP contribution in [0.15, 0.2) is 54.6 Å². The lowest BCUT2D eigenvalue weighted by Gasteiger charge is -2.14. The van der Waals surface area contributed by atoms with Crippen LogP contribution in [-0.2, 0) is 16.2 Å². The number of hydrogen-bond donors (Lipinski definition) is 2. The van der Waals surface area contributed by atoms with Gasteiger partial charge in [-0.05, 0) is 75.1 Å². The molecule has 0 aromatic heterocycles. The molecule has 2 aromatic rings. The summed E-state index contributed by atoms with van der Waals surface area (Å²) in [7, 11) is 0. The van der Waals surface area contributed by atoms with Gasteiger partial charge < -0.3 is 24.6 Å². The number of unbranched alkanes of at least 4 members (excludes halogenated alkanes) is 1. The Morgan fingerprint density at radius 2 is 1.37 bits per heavy atom. The first-order chi connectivity index (χ1) is 14.5. The van der Waals surface area contributed by atoms with Crippen molar-refractivity contribution in [1.29, 1.82) is 0 Å². The summed E-state index contributed by atoms with van der Waals surface area (Å²) in [4.78, 5) is 20.8. The van der Waals surface area contributed by atoms with Crippen molar-refractivity contribution in [2.24, 2.45) is 0 Å². The number of carbonyl (C=O) groups is 2. The zero-order chi connectivity index (χ0) is 21.6. The Labute approximate surface area is 176 Å². The smallest absolute Gasteiger partial charge is 0.414 e. The molecular formula is C23H29NO6. The molecule has 1 saturated heterocycles. The highest BCUT2D eigenvalue weighted by Crippen LogP contribution is 2.19. The lowest BCUT2D eigenvalue weighted by Crippen LogP contribution is -2.20. The van der Waals surface area contributed by atoms with Gasteiger partial charge in [0.2, 0.25) is 0 Å². The second-order valence-corrected chi connectivity index (χ2v) is 6.96. The van der Waals surface area contributed by atoms with Gasteiger partial charge in [-0.2, -0.15) is 0 Å². The number of ether oxygens (including phenoxy) is 2. The van der Waals surface area contributed by atoms with E-state index in [-0.39, 0.29) is 0 Å². The summed E-state index contributed by atoms with van der Waals surface area (Å²) in [6, 6.07) is 18.1. The summed E-state index contributed by atoms with van der Waals surface area (Å²) in [6.07, 6.45) is 5.07. The van der Waals surface area contributed by atoms with Gasteiger partial charge in [0.25, 0.3) is 0 Å². The summed E-state index contributed by atoms with van der Waals surface area (Å²) >= 11 is 0. The minimum Gasteiger partial charge on any atom is -0.494 e. The largest absolute Gasteiger partial charge is 0.494 e. The fraction of sp³-hybridized carbons (Fsp3) is 0.391. The van der Waals surface area contributed by atoms with Crippen molar-refractivity contribution in [3.05, 3.63) is 60.2 Å². The molecule has 7 nitrogen and oxygen atoms in total. The van der Waals surface area contributed by atoms with Gasteiger partial charge in [0.15, 0.2) is 0 Å². The second kappa shape index (κ2) is 13.2. The molecule has 0 aliphatic carbocycles. The van der Waals surface area contributed by atoms with E-state index in [1.165, 1.54) is 44.5 Å². The van der Waals surface area contributed by atoms with E-state index in [1.54, 1.807) is 0 Å². The van der Waals surface area contributed by atoms with Gasteiger partial charge in [0.1, 0.15) is 18.1 Å². The minimum atomic E-state index is -1.82. The van der Waals surface area contributed by atoms with E-state index in [9.17, 15) is 0 Å². The number of hydrogen-bond acceptors (Lipinski definition) is 5. The molecule has 1 fully saturated rings. The first kappa shape index (κ1) is 23.2. The molecule has 30 heavy (non-hydrogen) atoms. The zero-order valence-electron chi connectivity index (χ0n) is 17.0. The standard InChI is InChI=1S/C21H27NO2.C2H2O4/c1-2-8-19(9-3-1)18-24-21-12-10-20(11-13-21)23-17-7-6-16-22-14-4-5-15-22;3-1(4)2(5)6/h1-3,8-13H,4-7,14-18H2;(H,3,4)(H,5,6). The molecule has 1 aliphatic heterocycles. The van der Waals surface area contributed by atoms with Crippen LogP contribution >= 0.6 is 0 Å². The number of benzene rings is 2. The van der Waals surface area contributed by atoms with Crippen LogP contribution in [0, 0.1) is 0 Å². The maximum Gasteiger partial charge on any atom is 0.414 e. The van der Waals surface area contributed by atoms with Crippen LogP contribution in [0.1, 0.15) is 31.2 Å². The fourth-order valence-corrected chi connectivity index (χ4v) is 3.01. The van der Waals surface area contributed by atoms with Crippen molar-refractivity contribution in [2.45, 2.75) is 32.3 Å². The van der Waals surface area contributed by atoms with E-state index in [2.05, 4.69) is 17.0 Å². The van der Waals surface area contributed by atoms with E-state index in [1.807, 2.05) is 42.5 Å². The second-order valence-electron chi connectivity index (χ2n) is 6.96. The van der Waals surface area contributed by atoms with E-state index in [0.29, 0.717) is 6.61 Å². The summed E-state index contributed by atoms with van der Waals surface area (Å²) < 4.78 is 11.6. The van der Waals surface area contributed by atoms with Gasteiger partial charge in [0.05, 0.1) is 6.61 Å². The normalized spacial score (nSPS) is 13.2. The average Bonchev–Trinajstić information content (AvgIpc) is 3.27. The highest BCUT2D eigenvalue weighted by molar-refractivity contribution is 6.27. The fourth-order valence-electron chi connectivity index (χ4n) is 3.01. The molecule has 0 unspecified atom stereocenters. The lowest BCUT2D eigenvalue weighted by atomic mass is 10.2. The van der Waals surface area contributed by atoms with Crippen LogP contribution in [0.25, 0.3) is 0 Å². The van der Waals surface area contributed by atoms with Crippen LogP contribution < -0.4 is 9.47 Å². The summed E-state index contributed by atoms with van der Waals surface area (Å²) in [5, 5.41) is 14.8. The predicted octanol–water partition coefficient (Wildman–Crippen LogP) is 3.68. The number of aliphatic carboxylic acids is 2. The van der Waals surface area contributed by atoms with Gasteiger partial charge >= 0.3 is 11.9 Å². The van der Waals surface area contributed by atoms with Gasteiger partial charge in [-0.3, -0.25) is 0 Å². The molecule has 1 heterocycles. The Balaban J connectivity index is 0.000000469. The Bertz CT molecular complexity index is 745.